The molecule has 0 heterocycles. The average molecular weight is 529 g/mol. The number of aryl methyl sites for hydroxylation is 6. The van der Waals surface area contributed by atoms with E-state index >= 15 is 0 Å². The van der Waals surface area contributed by atoms with Crippen molar-refractivity contribution in [1.82, 2.24) is 0 Å². The second-order valence-corrected chi connectivity index (χ2v) is 10.4. The molecule has 4 aromatic carbocycles. The van der Waals surface area contributed by atoms with Crippen LogP contribution in [0.3, 0.4) is 0 Å². The summed E-state index contributed by atoms with van der Waals surface area (Å²) in [6.07, 6.45) is 0. The molecule has 0 aliphatic carbocycles. The van der Waals surface area contributed by atoms with Crippen LogP contribution in [0.5, 0.6) is 51.7 Å². The Balaban J connectivity index is 1.90. The van der Waals surface area contributed by atoms with Gasteiger partial charge in [0.1, 0.15) is 51.7 Å². The topological polar surface area (TPSA) is 88.4 Å². The molecule has 0 fully saturated rings. The van der Waals surface area contributed by atoms with Crippen molar-refractivity contribution < 1.29 is 29.5 Å². The van der Waals surface area contributed by atoms with E-state index in [2.05, 4.69) is 0 Å². The fourth-order valence-corrected chi connectivity index (χ4v) is 4.89. The van der Waals surface area contributed by atoms with Crippen molar-refractivity contribution >= 4 is 0 Å². The van der Waals surface area contributed by atoms with Crippen LogP contribution < -0.4 is 14.2 Å². The molecule has 0 atom stereocenters. The second-order valence-electron chi connectivity index (χ2n) is 10.4. The first kappa shape index (κ1) is 27.7. The van der Waals surface area contributed by atoms with Crippen molar-refractivity contribution in [2.75, 3.05) is 0 Å². The second kappa shape index (κ2) is 10.4. The van der Waals surface area contributed by atoms with E-state index in [9.17, 15) is 15.3 Å². The van der Waals surface area contributed by atoms with Gasteiger partial charge >= 0.3 is 0 Å². The Morgan fingerprint density at radius 1 is 0.359 bits per heavy atom. The summed E-state index contributed by atoms with van der Waals surface area (Å²) >= 11 is 0. The zero-order valence-electron chi connectivity index (χ0n) is 24.0. The van der Waals surface area contributed by atoms with E-state index in [0.29, 0.717) is 67.9 Å². The van der Waals surface area contributed by atoms with Crippen LogP contribution in [-0.4, -0.2) is 15.3 Å². The third-order valence-electron chi connectivity index (χ3n) is 7.10. The third kappa shape index (κ3) is 5.32. The molecule has 204 valence electrons. The van der Waals surface area contributed by atoms with Gasteiger partial charge in [-0.05, 0) is 132 Å². The van der Waals surface area contributed by atoms with Gasteiger partial charge in [0.05, 0.1) is 0 Å². The van der Waals surface area contributed by atoms with Crippen LogP contribution >= 0.6 is 0 Å². The first-order valence-electron chi connectivity index (χ1n) is 12.9. The zero-order valence-corrected chi connectivity index (χ0v) is 24.0. The normalized spacial score (nSPS) is 11.0. The molecule has 0 saturated carbocycles. The van der Waals surface area contributed by atoms with Gasteiger partial charge in [-0.2, -0.15) is 0 Å². The van der Waals surface area contributed by atoms with Crippen LogP contribution in [0.2, 0.25) is 0 Å². The lowest BCUT2D eigenvalue weighted by molar-refractivity contribution is 0.420. The molecular weight excluding hydrogens is 492 g/mol. The highest BCUT2D eigenvalue weighted by atomic mass is 16.5. The number of phenolic OH excluding ortho intramolecular Hbond substituents is 3. The minimum Gasteiger partial charge on any atom is -0.507 e. The zero-order chi connectivity index (χ0) is 28.8. The summed E-state index contributed by atoms with van der Waals surface area (Å²) in [4.78, 5) is 0. The summed E-state index contributed by atoms with van der Waals surface area (Å²) in [6.45, 7) is 16.8. The number of hydrogen-bond donors (Lipinski definition) is 3. The molecule has 0 saturated heterocycles. The van der Waals surface area contributed by atoms with Crippen molar-refractivity contribution in [2.45, 2.75) is 62.3 Å². The van der Waals surface area contributed by atoms with E-state index in [4.69, 9.17) is 14.2 Å². The fourth-order valence-electron chi connectivity index (χ4n) is 4.89. The van der Waals surface area contributed by atoms with Crippen molar-refractivity contribution in [3.05, 3.63) is 86.5 Å². The minimum atomic E-state index is 0.240. The van der Waals surface area contributed by atoms with E-state index in [0.717, 1.165) is 16.7 Å². The van der Waals surface area contributed by atoms with Crippen LogP contribution in [-0.2, 0) is 0 Å². The van der Waals surface area contributed by atoms with E-state index in [1.54, 1.807) is 36.4 Å². The highest BCUT2D eigenvalue weighted by molar-refractivity contribution is 5.64. The van der Waals surface area contributed by atoms with Gasteiger partial charge in [0.25, 0.3) is 0 Å². The molecule has 0 radical (unpaired) electrons. The molecule has 0 aromatic heterocycles. The van der Waals surface area contributed by atoms with Crippen molar-refractivity contribution in [1.29, 1.82) is 0 Å². The molecule has 39 heavy (non-hydrogen) atoms. The predicted molar refractivity (Wildman–Crippen MR) is 154 cm³/mol. The minimum absolute atomic E-state index is 0.240. The van der Waals surface area contributed by atoms with Crippen LogP contribution in [0.25, 0.3) is 0 Å². The van der Waals surface area contributed by atoms with Crippen molar-refractivity contribution in [2.24, 2.45) is 0 Å². The van der Waals surface area contributed by atoms with Crippen LogP contribution in [0.1, 0.15) is 50.1 Å². The molecule has 4 aromatic rings. The number of phenols is 3. The van der Waals surface area contributed by atoms with E-state index in [1.165, 1.54) is 0 Å². The molecule has 0 amide bonds. The van der Waals surface area contributed by atoms with Crippen LogP contribution in [0.4, 0.5) is 0 Å². The molecule has 0 aliphatic heterocycles. The van der Waals surface area contributed by atoms with E-state index in [1.807, 2.05) is 62.3 Å². The summed E-state index contributed by atoms with van der Waals surface area (Å²) in [6, 6.07) is 10.8. The summed E-state index contributed by atoms with van der Waals surface area (Å²) in [5.41, 5.74) is 6.62. The fraction of sp³-hybridized carbons (Fsp3) is 0.273. The van der Waals surface area contributed by atoms with Gasteiger partial charge in [-0.1, -0.05) is 0 Å². The standard InChI is InChI=1S/C33H36O6/c1-16-10-25(11-17(2)28(16)34)37-31-22(7)32(38-26-12-18(3)29(35)19(4)13-26)24(9)33(23(31)8)39-27-14-20(5)30(36)21(6)15-27/h10-15,34-36H,1-9H3. The van der Waals surface area contributed by atoms with Crippen LogP contribution in [0.15, 0.2) is 36.4 Å². The van der Waals surface area contributed by atoms with Crippen LogP contribution in [0, 0.1) is 62.3 Å². The van der Waals surface area contributed by atoms with Gasteiger partial charge in [-0.3, -0.25) is 0 Å². The molecule has 0 aliphatic rings. The molecule has 6 nitrogen and oxygen atoms in total. The Kier molecular flexibility index (Phi) is 7.42. The molecule has 0 unspecified atom stereocenters. The molecular formula is C33H36O6. The van der Waals surface area contributed by atoms with Crippen molar-refractivity contribution in [3.8, 4) is 51.7 Å². The van der Waals surface area contributed by atoms with Gasteiger partial charge in [0.15, 0.2) is 0 Å². The Morgan fingerprint density at radius 3 is 0.718 bits per heavy atom. The predicted octanol–water partition coefficient (Wildman–Crippen LogP) is 8.96. The summed E-state index contributed by atoms with van der Waals surface area (Å²) in [7, 11) is 0. The molecule has 0 bridgehead atoms. The Bertz CT molecular complexity index is 1320. The molecule has 3 N–H and O–H groups in total. The number of aromatic hydroxyl groups is 3. The summed E-state index contributed by atoms with van der Waals surface area (Å²) in [5, 5.41) is 30.8. The highest BCUT2D eigenvalue weighted by Crippen LogP contribution is 2.48. The lowest BCUT2D eigenvalue weighted by atomic mass is 10.0. The maximum absolute atomic E-state index is 10.3. The Labute approximate surface area is 230 Å². The van der Waals surface area contributed by atoms with E-state index in [-0.39, 0.29) is 17.2 Å². The van der Waals surface area contributed by atoms with Gasteiger partial charge in [0, 0.05) is 16.7 Å². The Morgan fingerprint density at radius 2 is 0.538 bits per heavy atom. The number of benzene rings is 4. The SMILES string of the molecule is Cc1cc(Oc2c(C)c(Oc3cc(C)c(O)c(C)c3)c(C)c(Oc3cc(C)c(O)c(C)c3)c2C)cc(C)c1O. The smallest absolute Gasteiger partial charge is 0.140 e. The maximum atomic E-state index is 10.3. The third-order valence-corrected chi connectivity index (χ3v) is 7.10. The number of rotatable bonds is 6. The van der Waals surface area contributed by atoms with Gasteiger partial charge < -0.3 is 29.5 Å². The average Bonchev–Trinajstić information content (AvgIpc) is 2.87. The summed E-state index contributed by atoms with van der Waals surface area (Å²) < 4.78 is 19.4. The first-order valence-corrected chi connectivity index (χ1v) is 12.9. The molecule has 0 spiro atoms. The lowest BCUT2D eigenvalue weighted by Gasteiger charge is -2.23. The number of hydrogen-bond acceptors (Lipinski definition) is 6. The number of ether oxygens (including phenoxy) is 3. The first-order chi connectivity index (χ1) is 18.3. The lowest BCUT2D eigenvalue weighted by Crippen LogP contribution is -2.02. The van der Waals surface area contributed by atoms with Crippen molar-refractivity contribution in [3.63, 3.8) is 0 Å². The monoisotopic (exact) mass is 528 g/mol. The largest absolute Gasteiger partial charge is 0.507 e. The molecule has 4 rings (SSSR count). The molecule has 6 heteroatoms. The Hall–Kier alpha value is -4.32. The maximum Gasteiger partial charge on any atom is 0.140 e. The van der Waals surface area contributed by atoms with E-state index < -0.39 is 0 Å². The quantitative estimate of drug-likeness (QED) is 0.231. The summed E-state index contributed by atoms with van der Waals surface area (Å²) in [5.74, 6) is 4.21. The van der Waals surface area contributed by atoms with Gasteiger partial charge in [0.2, 0.25) is 0 Å². The van der Waals surface area contributed by atoms with Gasteiger partial charge in [-0.15, -0.1) is 0 Å². The highest BCUT2D eigenvalue weighted by Gasteiger charge is 2.24. The van der Waals surface area contributed by atoms with Gasteiger partial charge in [-0.25, -0.2) is 0 Å².